The Labute approximate surface area is 222 Å². The molecule has 6 rings (SSSR count). The predicted octanol–water partition coefficient (Wildman–Crippen LogP) is 4.46. The van der Waals surface area contributed by atoms with E-state index in [1.165, 1.54) is 12.5 Å². The lowest BCUT2D eigenvalue weighted by Crippen LogP contribution is -2.44. The van der Waals surface area contributed by atoms with Crippen LogP contribution in [0.3, 0.4) is 0 Å². The van der Waals surface area contributed by atoms with Crippen LogP contribution in [-0.4, -0.2) is 51.8 Å². The van der Waals surface area contributed by atoms with Gasteiger partial charge in [-0.25, -0.2) is 4.98 Å². The molecule has 1 aromatic carbocycles. The highest BCUT2D eigenvalue weighted by atomic mass is 16.2. The molecule has 0 bridgehead atoms. The zero-order valence-corrected chi connectivity index (χ0v) is 22.2. The molecule has 0 radical (unpaired) electrons. The van der Waals surface area contributed by atoms with Crippen LogP contribution in [0.25, 0.3) is 11.0 Å². The minimum atomic E-state index is -0.132. The molecule has 1 aliphatic heterocycles. The summed E-state index contributed by atoms with van der Waals surface area (Å²) in [4.78, 5) is 40.1. The fraction of sp³-hybridized carbons (Fsp3) is 0.448. The van der Waals surface area contributed by atoms with Crippen molar-refractivity contribution in [1.82, 2.24) is 14.5 Å². The number of anilines is 4. The first-order valence-corrected chi connectivity index (χ1v) is 13.5. The molecule has 2 fully saturated rings. The molecule has 200 valence electrons. The van der Waals surface area contributed by atoms with Crippen LogP contribution < -0.4 is 20.7 Å². The number of pyridine rings is 1. The predicted molar refractivity (Wildman–Crippen MR) is 151 cm³/mol. The first kappa shape index (κ1) is 25.9. The number of carbonyl (C=O) groups excluding carboxylic acids is 1. The maximum Gasteiger partial charge on any atom is 0.276 e. The highest BCUT2D eigenvalue weighted by molar-refractivity contribution is 6.05. The van der Waals surface area contributed by atoms with Gasteiger partial charge >= 0.3 is 0 Å². The quantitative estimate of drug-likeness (QED) is 0.483. The summed E-state index contributed by atoms with van der Waals surface area (Å²) in [6.07, 6.45) is 10.8. The SMILES string of the molecule is C=CC(=O)N1CCN(c2cc3cnc(NC4CC4)nc3n(C3CCCCC3)c2=O)c2cccc(C)c21.CO. The maximum absolute atomic E-state index is 14.2. The molecule has 0 atom stereocenters. The van der Waals surface area contributed by atoms with E-state index in [1.807, 2.05) is 42.0 Å². The van der Waals surface area contributed by atoms with E-state index in [4.69, 9.17) is 10.1 Å². The van der Waals surface area contributed by atoms with Gasteiger partial charge < -0.3 is 20.2 Å². The van der Waals surface area contributed by atoms with Gasteiger partial charge in [-0.1, -0.05) is 38.0 Å². The van der Waals surface area contributed by atoms with E-state index in [9.17, 15) is 9.59 Å². The van der Waals surface area contributed by atoms with Gasteiger partial charge in [0.2, 0.25) is 5.95 Å². The number of amides is 1. The fourth-order valence-electron chi connectivity index (χ4n) is 5.68. The largest absolute Gasteiger partial charge is 0.400 e. The van der Waals surface area contributed by atoms with Gasteiger partial charge in [0, 0.05) is 43.9 Å². The molecule has 2 N–H and O–H groups in total. The number of hydrogen-bond acceptors (Lipinski definition) is 7. The van der Waals surface area contributed by atoms with Gasteiger partial charge in [-0.15, -0.1) is 0 Å². The van der Waals surface area contributed by atoms with E-state index in [2.05, 4.69) is 21.8 Å². The monoisotopic (exact) mass is 516 g/mol. The Hall–Kier alpha value is -3.72. The molecule has 9 nitrogen and oxygen atoms in total. The number of aliphatic hydroxyl groups is 1. The molecular weight excluding hydrogens is 480 g/mol. The summed E-state index contributed by atoms with van der Waals surface area (Å²) in [6, 6.07) is 8.44. The molecule has 0 saturated heterocycles. The molecule has 1 amide bonds. The summed E-state index contributed by atoms with van der Waals surface area (Å²) in [5.41, 5.74) is 3.96. The smallest absolute Gasteiger partial charge is 0.276 e. The Balaban J connectivity index is 0.00000144. The number of rotatable bonds is 5. The van der Waals surface area contributed by atoms with E-state index in [0.29, 0.717) is 36.4 Å². The Kier molecular flexibility index (Phi) is 7.46. The standard InChI is InChI=1S/C28H32N6O2.CH4O/c1-3-24(35)33-15-14-32(22-11-7-8-18(2)25(22)33)23-16-19-17-29-28(30-20-12-13-20)31-26(19)34(27(23)36)21-9-5-4-6-10-21;1-2/h3,7-8,11,16-17,20-21H,1,4-6,9-10,12-15H2,2H3,(H,29,30,31);2H,1H3. The molecule has 3 heterocycles. The minimum absolute atomic E-state index is 0.0265. The van der Waals surface area contributed by atoms with Crippen molar-refractivity contribution in [2.24, 2.45) is 0 Å². The molecule has 2 saturated carbocycles. The van der Waals surface area contributed by atoms with Gasteiger partial charge in [-0.3, -0.25) is 14.2 Å². The van der Waals surface area contributed by atoms with Crippen LogP contribution in [0.15, 0.2) is 47.9 Å². The van der Waals surface area contributed by atoms with E-state index >= 15 is 0 Å². The van der Waals surface area contributed by atoms with E-state index in [0.717, 1.165) is 68.0 Å². The number of nitrogens with one attached hydrogen (secondary N) is 1. The number of aromatic nitrogens is 3. The van der Waals surface area contributed by atoms with E-state index < -0.39 is 0 Å². The Morgan fingerprint density at radius 1 is 1.11 bits per heavy atom. The molecule has 3 aliphatic rings. The second-order valence-corrected chi connectivity index (χ2v) is 10.2. The summed E-state index contributed by atoms with van der Waals surface area (Å²) < 4.78 is 1.93. The highest BCUT2D eigenvalue weighted by Crippen LogP contribution is 2.40. The summed E-state index contributed by atoms with van der Waals surface area (Å²) in [5, 5.41) is 11.2. The van der Waals surface area contributed by atoms with Gasteiger partial charge in [0.15, 0.2) is 0 Å². The molecule has 38 heavy (non-hydrogen) atoms. The van der Waals surface area contributed by atoms with Gasteiger partial charge in [0.1, 0.15) is 11.3 Å². The van der Waals surface area contributed by atoms with Gasteiger partial charge in [0.05, 0.1) is 11.4 Å². The van der Waals surface area contributed by atoms with Gasteiger partial charge in [-0.05, 0) is 56.4 Å². The average Bonchev–Trinajstić information content (AvgIpc) is 3.78. The van der Waals surface area contributed by atoms with Crippen molar-refractivity contribution in [3.8, 4) is 0 Å². The zero-order chi connectivity index (χ0) is 26.8. The Bertz CT molecular complexity index is 1410. The highest BCUT2D eigenvalue weighted by Gasteiger charge is 2.31. The van der Waals surface area contributed by atoms with Crippen molar-refractivity contribution < 1.29 is 9.90 Å². The molecular formula is C29H36N6O3. The van der Waals surface area contributed by atoms with Crippen LogP contribution in [-0.2, 0) is 4.79 Å². The number of nitrogens with zero attached hydrogens (tertiary/aromatic N) is 5. The number of hydrogen-bond donors (Lipinski definition) is 2. The molecule has 2 aromatic heterocycles. The summed E-state index contributed by atoms with van der Waals surface area (Å²) in [6.45, 7) is 6.67. The van der Waals surface area contributed by atoms with Crippen molar-refractivity contribution in [1.29, 1.82) is 0 Å². The topological polar surface area (TPSA) is 104 Å². The first-order chi connectivity index (χ1) is 18.5. The van der Waals surface area contributed by atoms with Crippen LogP contribution in [0.5, 0.6) is 0 Å². The average molecular weight is 517 g/mol. The number of benzene rings is 1. The zero-order valence-electron chi connectivity index (χ0n) is 22.2. The van der Waals surface area contributed by atoms with E-state index in [1.54, 1.807) is 4.90 Å². The normalized spacial score (nSPS) is 17.4. The van der Waals surface area contributed by atoms with Gasteiger partial charge in [0.25, 0.3) is 11.5 Å². The third kappa shape index (κ3) is 4.78. The van der Waals surface area contributed by atoms with Crippen LogP contribution in [0.4, 0.5) is 23.0 Å². The molecule has 2 aliphatic carbocycles. The second-order valence-electron chi connectivity index (χ2n) is 10.2. The van der Waals surface area contributed by atoms with Crippen LogP contribution in [0.2, 0.25) is 0 Å². The van der Waals surface area contributed by atoms with Gasteiger partial charge in [-0.2, -0.15) is 4.98 Å². The van der Waals surface area contributed by atoms with Crippen LogP contribution >= 0.6 is 0 Å². The first-order valence-electron chi connectivity index (χ1n) is 13.5. The lowest BCUT2D eigenvalue weighted by molar-refractivity contribution is -0.114. The lowest BCUT2D eigenvalue weighted by atomic mass is 9.95. The number of aliphatic hydroxyl groups excluding tert-OH is 1. The van der Waals surface area contributed by atoms with Crippen molar-refractivity contribution in [3.05, 3.63) is 59.0 Å². The second kappa shape index (κ2) is 10.9. The number of para-hydroxylation sites is 1. The summed E-state index contributed by atoms with van der Waals surface area (Å²) >= 11 is 0. The van der Waals surface area contributed by atoms with Crippen molar-refractivity contribution in [2.45, 2.75) is 64.0 Å². The third-order valence-electron chi connectivity index (χ3n) is 7.66. The Morgan fingerprint density at radius 2 is 1.87 bits per heavy atom. The van der Waals surface area contributed by atoms with Crippen LogP contribution in [0.1, 0.15) is 56.6 Å². The van der Waals surface area contributed by atoms with Crippen LogP contribution in [0, 0.1) is 6.92 Å². The third-order valence-corrected chi connectivity index (χ3v) is 7.66. The Morgan fingerprint density at radius 3 is 2.58 bits per heavy atom. The van der Waals surface area contributed by atoms with Crippen molar-refractivity contribution in [2.75, 3.05) is 35.3 Å². The number of aryl methyl sites for hydroxylation is 1. The molecule has 9 heteroatoms. The number of fused-ring (bicyclic) bond motifs is 2. The van der Waals surface area contributed by atoms with Crippen molar-refractivity contribution >= 4 is 40.0 Å². The molecule has 3 aromatic rings. The fourth-order valence-corrected chi connectivity index (χ4v) is 5.68. The maximum atomic E-state index is 14.2. The lowest BCUT2D eigenvalue weighted by Gasteiger charge is -2.38. The number of carbonyl (C=O) groups is 1. The minimum Gasteiger partial charge on any atom is -0.400 e. The molecule has 0 unspecified atom stereocenters. The molecule has 0 spiro atoms. The van der Waals surface area contributed by atoms with Crippen molar-refractivity contribution in [3.63, 3.8) is 0 Å². The van der Waals surface area contributed by atoms with E-state index in [-0.39, 0.29) is 17.5 Å². The summed E-state index contributed by atoms with van der Waals surface area (Å²) in [7, 11) is 1.00. The summed E-state index contributed by atoms with van der Waals surface area (Å²) in [5.74, 6) is 0.464.